The van der Waals surface area contributed by atoms with Crippen molar-refractivity contribution < 1.29 is 9.59 Å². The summed E-state index contributed by atoms with van der Waals surface area (Å²) in [6.07, 6.45) is 4.57. The lowest BCUT2D eigenvalue weighted by Gasteiger charge is -2.32. The predicted molar refractivity (Wildman–Crippen MR) is 86.8 cm³/mol. The highest BCUT2D eigenvalue weighted by Crippen LogP contribution is 2.27. The quantitative estimate of drug-likeness (QED) is 0.843. The Kier molecular flexibility index (Phi) is 4.39. The number of hydrogen-bond acceptors (Lipinski definition) is 4. The Morgan fingerprint density at radius 2 is 2.09 bits per heavy atom. The van der Waals surface area contributed by atoms with Crippen LogP contribution in [0.15, 0.2) is 6.07 Å². The molecule has 3 N–H and O–H groups in total. The molecule has 1 aliphatic heterocycles. The molecule has 3 atom stereocenters. The van der Waals surface area contributed by atoms with E-state index < -0.39 is 0 Å². The molecule has 126 valence electrons. The number of hydrogen-bond donors (Lipinski definition) is 2. The standard InChI is InChI=1S/C16H25N5O2/c1-10-9-14(20(2)19-10)21-8-7-13(16(21)23)18-12-6-4-3-5-11(12)15(17)22/h9,11-13,18H,3-8H2,1-2H3,(H2,17,22). The molecule has 1 aliphatic carbocycles. The van der Waals surface area contributed by atoms with Crippen molar-refractivity contribution in [3.8, 4) is 0 Å². The molecule has 1 aromatic rings. The second-order valence-corrected chi connectivity index (χ2v) is 6.67. The molecule has 3 rings (SSSR count). The largest absolute Gasteiger partial charge is 0.369 e. The predicted octanol–water partition coefficient (Wildman–Crippen LogP) is 0.468. The smallest absolute Gasteiger partial charge is 0.245 e. The Bertz CT molecular complexity index is 612. The van der Waals surface area contributed by atoms with Crippen molar-refractivity contribution in [2.45, 2.75) is 51.1 Å². The van der Waals surface area contributed by atoms with E-state index in [-0.39, 0.29) is 29.8 Å². The summed E-state index contributed by atoms with van der Waals surface area (Å²) in [7, 11) is 1.85. The monoisotopic (exact) mass is 319 g/mol. The normalized spacial score (nSPS) is 28.3. The van der Waals surface area contributed by atoms with Gasteiger partial charge in [-0.25, -0.2) is 0 Å². The average Bonchev–Trinajstić information content (AvgIpc) is 3.02. The van der Waals surface area contributed by atoms with Crippen LogP contribution in [0.3, 0.4) is 0 Å². The Labute approximate surface area is 136 Å². The summed E-state index contributed by atoms with van der Waals surface area (Å²) in [6, 6.07) is 1.70. The van der Waals surface area contributed by atoms with Gasteiger partial charge in [-0.2, -0.15) is 5.10 Å². The number of carbonyl (C=O) groups excluding carboxylic acids is 2. The molecule has 2 amide bonds. The van der Waals surface area contributed by atoms with E-state index in [1.807, 2.05) is 20.0 Å². The van der Waals surface area contributed by atoms with Crippen LogP contribution in [-0.4, -0.2) is 40.2 Å². The number of carbonyl (C=O) groups is 2. The molecule has 0 bridgehead atoms. The molecule has 3 unspecified atom stereocenters. The van der Waals surface area contributed by atoms with E-state index in [1.54, 1.807) is 9.58 Å². The molecule has 0 radical (unpaired) electrons. The zero-order valence-corrected chi connectivity index (χ0v) is 13.8. The first-order valence-corrected chi connectivity index (χ1v) is 8.34. The highest BCUT2D eigenvalue weighted by Gasteiger charge is 2.38. The number of nitrogens with one attached hydrogen (secondary N) is 1. The summed E-state index contributed by atoms with van der Waals surface area (Å²) in [6.45, 7) is 2.59. The summed E-state index contributed by atoms with van der Waals surface area (Å²) >= 11 is 0. The van der Waals surface area contributed by atoms with Crippen LogP contribution in [-0.2, 0) is 16.6 Å². The molecule has 2 aliphatic rings. The summed E-state index contributed by atoms with van der Waals surface area (Å²) < 4.78 is 1.74. The Morgan fingerprint density at radius 3 is 2.74 bits per heavy atom. The molecule has 1 saturated heterocycles. The van der Waals surface area contributed by atoms with Gasteiger partial charge >= 0.3 is 0 Å². The van der Waals surface area contributed by atoms with E-state index in [0.29, 0.717) is 6.54 Å². The third-order valence-electron chi connectivity index (χ3n) is 5.01. The summed E-state index contributed by atoms with van der Waals surface area (Å²) in [5, 5.41) is 7.71. The summed E-state index contributed by atoms with van der Waals surface area (Å²) in [4.78, 5) is 26.1. The Balaban J connectivity index is 1.69. The minimum absolute atomic E-state index is 0.0171. The van der Waals surface area contributed by atoms with Crippen molar-refractivity contribution in [1.82, 2.24) is 15.1 Å². The second kappa shape index (κ2) is 6.31. The van der Waals surface area contributed by atoms with Crippen LogP contribution in [0.2, 0.25) is 0 Å². The summed E-state index contributed by atoms with van der Waals surface area (Å²) in [5.74, 6) is 0.463. The lowest BCUT2D eigenvalue weighted by Crippen LogP contribution is -2.51. The fourth-order valence-electron chi connectivity index (χ4n) is 3.84. The Morgan fingerprint density at radius 1 is 1.35 bits per heavy atom. The van der Waals surface area contributed by atoms with Crippen molar-refractivity contribution in [1.29, 1.82) is 0 Å². The number of aryl methyl sites for hydroxylation is 2. The SMILES string of the molecule is Cc1cc(N2CCC(NC3CCCCC3C(N)=O)C2=O)n(C)n1. The average molecular weight is 319 g/mol. The highest BCUT2D eigenvalue weighted by molar-refractivity contribution is 5.98. The van der Waals surface area contributed by atoms with Crippen LogP contribution < -0.4 is 16.0 Å². The molecule has 2 fully saturated rings. The number of aromatic nitrogens is 2. The maximum atomic E-state index is 12.7. The van der Waals surface area contributed by atoms with E-state index in [2.05, 4.69) is 10.4 Å². The first-order chi connectivity index (χ1) is 11.0. The first-order valence-electron chi connectivity index (χ1n) is 8.34. The van der Waals surface area contributed by atoms with E-state index in [1.165, 1.54) is 0 Å². The summed E-state index contributed by atoms with van der Waals surface area (Å²) in [5.41, 5.74) is 6.42. The number of primary amides is 1. The van der Waals surface area contributed by atoms with E-state index >= 15 is 0 Å². The molecule has 2 heterocycles. The fourth-order valence-corrected chi connectivity index (χ4v) is 3.84. The van der Waals surface area contributed by atoms with Crippen LogP contribution in [0.1, 0.15) is 37.8 Å². The minimum atomic E-state index is -0.258. The van der Waals surface area contributed by atoms with Crippen LogP contribution in [0.25, 0.3) is 0 Å². The van der Waals surface area contributed by atoms with Gasteiger partial charge in [-0.15, -0.1) is 0 Å². The minimum Gasteiger partial charge on any atom is -0.369 e. The van der Waals surface area contributed by atoms with Gasteiger partial charge in [-0.1, -0.05) is 12.8 Å². The zero-order chi connectivity index (χ0) is 16.6. The van der Waals surface area contributed by atoms with Crippen LogP contribution in [0, 0.1) is 12.8 Å². The van der Waals surface area contributed by atoms with Crippen molar-refractivity contribution in [3.05, 3.63) is 11.8 Å². The van der Waals surface area contributed by atoms with Gasteiger partial charge < -0.3 is 11.1 Å². The van der Waals surface area contributed by atoms with Crippen molar-refractivity contribution >= 4 is 17.6 Å². The second-order valence-electron chi connectivity index (χ2n) is 6.67. The van der Waals surface area contributed by atoms with Crippen LogP contribution in [0.4, 0.5) is 5.82 Å². The lowest BCUT2D eigenvalue weighted by molar-refractivity contribution is -0.125. The molecular formula is C16H25N5O2. The van der Waals surface area contributed by atoms with Crippen molar-refractivity contribution in [2.75, 3.05) is 11.4 Å². The molecular weight excluding hydrogens is 294 g/mol. The molecule has 1 saturated carbocycles. The van der Waals surface area contributed by atoms with Gasteiger partial charge in [-0.05, 0) is 26.2 Å². The van der Waals surface area contributed by atoms with Gasteiger partial charge in [0.25, 0.3) is 0 Å². The van der Waals surface area contributed by atoms with Crippen molar-refractivity contribution in [2.24, 2.45) is 18.7 Å². The first kappa shape index (κ1) is 16.0. The van der Waals surface area contributed by atoms with Crippen molar-refractivity contribution in [3.63, 3.8) is 0 Å². The van der Waals surface area contributed by atoms with Gasteiger partial charge in [0.1, 0.15) is 5.82 Å². The Hall–Kier alpha value is -1.89. The molecule has 7 nitrogen and oxygen atoms in total. The molecule has 23 heavy (non-hydrogen) atoms. The highest BCUT2D eigenvalue weighted by atomic mass is 16.2. The van der Waals surface area contributed by atoms with Crippen LogP contribution >= 0.6 is 0 Å². The van der Waals surface area contributed by atoms with Gasteiger partial charge in [0.2, 0.25) is 11.8 Å². The van der Waals surface area contributed by atoms with E-state index in [9.17, 15) is 9.59 Å². The van der Waals surface area contributed by atoms with Gasteiger partial charge in [0, 0.05) is 25.7 Å². The van der Waals surface area contributed by atoms with Gasteiger partial charge in [-0.3, -0.25) is 19.2 Å². The third kappa shape index (κ3) is 3.10. The number of anilines is 1. The maximum absolute atomic E-state index is 12.7. The third-order valence-corrected chi connectivity index (χ3v) is 5.01. The number of nitrogens with zero attached hydrogens (tertiary/aromatic N) is 3. The fraction of sp³-hybridized carbons (Fsp3) is 0.688. The topological polar surface area (TPSA) is 93.3 Å². The van der Waals surface area contributed by atoms with Gasteiger partial charge in [0.15, 0.2) is 0 Å². The molecule has 7 heteroatoms. The van der Waals surface area contributed by atoms with Crippen LogP contribution in [0.5, 0.6) is 0 Å². The molecule has 0 aromatic carbocycles. The van der Waals surface area contributed by atoms with Gasteiger partial charge in [0.05, 0.1) is 17.7 Å². The zero-order valence-electron chi connectivity index (χ0n) is 13.8. The van der Waals surface area contributed by atoms with E-state index in [0.717, 1.165) is 43.6 Å². The molecule has 1 aromatic heterocycles. The number of rotatable bonds is 4. The number of nitrogens with two attached hydrogens (primary N) is 1. The maximum Gasteiger partial charge on any atom is 0.245 e. The lowest BCUT2D eigenvalue weighted by atomic mass is 9.83. The number of amides is 2. The van der Waals surface area contributed by atoms with E-state index in [4.69, 9.17) is 5.73 Å². The molecule has 0 spiro atoms.